The zero-order valence-corrected chi connectivity index (χ0v) is 17.8. The van der Waals surface area contributed by atoms with Gasteiger partial charge in [-0.3, -0.25) is 4.79 Å². The first kappa shape index (κ1) is 21.7. The summed E-state index contributed by atoms with van der Waals surface area (Å²) >= 11 is 0. The van der Waals surface area contributed by atoms with Gasteiger partial charge in [-0.15, -0.1) is 13.2 Å². The van der Waals surface area contributed by atoms with E-state index in [1.54, 1.807) is 4.90 Å². The molecule has 32 heavy (non-hydrogen) atoms. The van der Waals surface area contributed by atoms with E-state index in [1.165, 1.54) is 12.1 Å². The van der Waals surface area contributed by atoms with Crippen LogP contribution in [0.3, 0.4) is 0 Å². The lowest BCUT2D eigenvalue weighted by molar-refractivity contribution is -0.274. The molecule has 1 fully saturated rings. The number of halogens is 3. The number of alkyl halides is 3. The molecule has 4 rings (SSSR count). The number of benzene rings is 2. The molecule has 1 aliphatic heterocycles. The summed E-state index contributed by atoms with van der Waals surface area (Å²) < 4.78 is 42.7. The number of carbonyl (C=O) groups excluding carboxylic acids is 1. The van der Waals surface area contributed by atoms with Crippen molar-refractivity contribution in [3.63, 3.8) is 0 Å². The van der Waals surface area contributed by atoms with Crippen molar-refractivity contribution in [1.82, 2.24) is 14.7 Å². The fraction of sp³-hybridized carbons (Fsp3) is 0.304. The van der Waals surface area contributed by atoms with Crippen molar-refractivity contribution in [1.29, 1.82) is 0 Å². The second-order valence-corrected chi connectivity index (χ2v) is 7.62. The Balaban J connectivity index is 1.42. The molecular formula is C23H23F3N4O2. The number of amides is 1. The van der Waals surface area contributed by atoms with Crippen LogP contribution in [0.4, 0.5) is 18.9 Å². The normalized spacial score (nSPS) is 14.5. The number of piperazine rings is 1. The molecule has 3 aromatic rings. The number of hydrogen-bond acceptors (Lipinski definition) is 4. The van der Waals surface area contributed by atoms with Gasteiger partial charge in [0.05, 0.1) is 22.8 Å². The van der Waals surface area contributed by atoms with Gasteiger partial charge in [-0.2, -0.15) is 5.10 Å². The first-order valence-corrected chi connectivity index (χ1v) is 10.2. The Kier molecular flexibility index (Phi) is 5.82. The summed E-state index contributed by atoms with van der Waals surface area (Å²) in [6.45, 7) is 6.31. The van der Waals surface area contributed by atoms with Crippen LogP contribution in [0.15, 0.2) is 54.6 Å². The fourth-order valence-electron chi connectivity index (χ4n) is 4.03. The summed E-state index contributed by atoms with van der Waals surface area (Å²) in [5.74, 6) is -0.558. The van der Waals surface area contributed by atoms with Crippen molar-refractivity contribution in [3.8, 4) is 11.4 Å². The minimum absolute atomic E-state index is 0.211. The van der Waals surface area contributed by atoms with Gasteiger partial charge in [0.15, 0.2) is 0 Å². The van der Waals surface area contributed by atoms with E-state index in [0.29, 0.717) is 31.7 Å². The van der Waals surface area contributed by atoms with Crippen LogP contribution < -0.4 is 9.64 Å². The summed E-state index contributed by atoms with van der Waals surface area (Å²) in [6, 6.07) is 14.9. The van der Waals surface area contributed by atoms with E-state index < -0.39 is 6.36 Å². The number of aromatic nitrogens is 2. The summed E-state index contributed by atoms with van der Waals surface area (Å²) in [5.41, 5.74) is 4.35. The molecule has 0 atom stereocenters. The Labute approximate surface area is 183 Å². The molecule has 0 saturated carbocycles. The third kappa shape index (κ3) is 4.56. The Morgan fingerprint density at radius 3 is 2.16 bits per heavy atom. The Morgan fingerprint density at radius 1 is 0.938 bits per heavy atom. The molecule has 0 spiro atoms. The molecular weight excluding hydrogens is 421 g/mol. The van der Waals surface area contributed by atoms with Gasteiger partial charge in [-0.1, -0.05) is 18.2 Å². The van der Waals surface area contributed by atoms with Crippen molar-refractivity contribution in [2.24, 2.45) is 0 Å². The summed E-state index contributed by atoms with van der Waals surface area (Å²) in [7, 11) is 0. The number of carbonyl (C=O) groups is 1. The Bertz CT molecular complexity index is 1090. The lowest BCUT2D eigenvalue weighted by atomic mass is 10.1. The number of para-hydroxylation sites is 1. The monoisotopic (exact) mass is 444 g/mol. The number of anilines is 1. The molecule has 0 radical (unpaired) electrons. The fourth-order valence-corrected chi connectivity index (χ4v) is 4.03. The molecule has 1 aromatic heterocycles. The minimum Gasteiger partial charge on any atom is -0.406 e. The van der Waals surface area contributed by atoms with Crippen LogP contribution in [0.2, 0.25) is 0 Å². The van der Waals surface area contributed by atoms with E-state index in [2.05, 4.69) is 9.64 Å². The number of ether oxygens (including phenoxy) is 1. The van der Waals surface area contributed by atoms with E-state index in [1.807, 2.05) is 48.9 Å². The first-order chi connectivity index (χ1) is 15.2. The lowest BCUT2D eigenvalue weighted by Crippen LogP contribution is -2.49. The predicted molar refractivity (Wildman–Crippen MR) is 114 cm³/mol. The van der Waals surface area contributed by atoms with Gasteiger partial charge in [0.25, 0.3) is 5.91 Å². The van der Waals surface area contributed by atoms with Crippen molar-refractivity contribution in [2.75, 3.05) is 31.1 Å². The lowest BCUT2D eigenvalue weighted by Gasteiger charge is -2.36. The van der Waals surface area contributed by atoms with Gasteiger partial charge in [0.2, 0.25) is 0 Å². The molecule has 0 aliphatic carbocycles. The Morgan fingerprint density at radius 2 is 1.56 bits per heavy atom. The van der Waals surface area contributed by atoms with Crippen molar-refractivity contribution >= 4 is 11.6 Å². The maximum absolute atomic E-state index is 12.8. The second-order valence-electron chi connectivity index (χ2n) is 7.62. The highest BCUT2D eigenvalue weighted by Gasteiger charge is 2.31. The van der Waals surface area contributed by atoms with Gasteiger partial charge >= 0.3 is 6.36 Å². The number of hydrogen-bond donors (Lipinski definition) is 0. The average Bonchev–Trinajstić information content (AvgIpc) is 3.07. The molecule has 1 saturated heterocycles. The zero-order chi connectivity index (χ0) is 22.9. The molecule has 9 heteroatoms. The second kappa shape index (κ2) is 8.57. The van der Waals surface area contributed by atoms with Crippen LogP contribution in [0, 0.1) is 13.8 Å². The van der Waals surface area contributed by atoms with Gasteiger partial charge in [-0.25, -0.2) is 4.68 Å². The summed E-state index contributed by atoms with van der Waals surface area (Å²) in [4.78, 5) is 16.7. The number of nitrogens with zero attached hydrogens (tertiary/aromatic N) is 4. The van der Waals surface area contributed by atoms with Crippen LogP contribution in [-0.4, -0.2) is 53.1 Å². The van der Waals surface area contributed by atoms with E-state index in [9.17, 15) is 18.0 Å². The molecule has 2 heterocycles. The van der Waals surface area contributed by atoms with Crippen molar-refractivity contribution < 1.29 is 22.7 Å². The number of aryl methyl sites for hydroxylation is 1. The third-order valence-electron chi connectivity index (χ3n) is 5.47. The van der Waals surface area contributed by atoms with Crippen molar-refractivity contribution in [3.05, 3.63) is 71.5 Å². The highest BCUT2D eigenvalue weighted by atomic mass is 19.4. The van der Waals surface area contributed by atoms with Gasteiger partial charge in [0, 0.05) is 31.7 Å². The third-order valence-corrected chi connectivity index (χ3v) is 5.47. The van der Waals surface area contributed by atoms with Crippen LogP contribution in [-0.2, 0) is 0 Å². The molecule has 0 unspecified atom stereocenters. The maximum atomic E-state index is 12.8. The molecule has 1 aliphatic rings. The highest BCUT2D eigenvalue weighted by molar-refractivity contribution is 5.94. The first-order valence-electron chi connectivity index (χ1n) is 10.2. The number of rotatable bonds is 4. The minimum atomic E-state index is -4.76. The predicted octanol–water partition coefficient (Wildman–Crippen LogP) is 4.35. The van der Waals surface area contributed by atoms with E-state index >= 15 is 0 Å². The molecule has 168 valence electrons. The molecule has 6 nitrogen and oxygen atoms in total. The largest absolute Gasteiger partial charge is 0.573 e. The topological polar surface area (TPSA) is 50.6 Å². The van der Waals surface area contributed by atoms with Gasteiger partial charge in [0.1, 0.15) is 5.75 Å². The van der Waals surface area contributed by atoms with E-state index in [4.69, 9.17) is 5.10 Å². The van der Waals surface area contributed by atoms with E-state index in [0.717, 1.165) is 34.9 Å². The van der Waals surface area contributed by atoms with E-state index in [-0.39, 0.29) is 11.7 Å². The average molecular weight is 444 g/mol. The summed E-state index contributed by atoms with van der Waals surface area (Å²) in [5, 5.41) is 4.69. The molecule has 1 amide bonds. The van der Waals surface area contributed by atoms with Crippen LogP contribution in [0.5, 0.6) is 5.75 Å². The van der Waals surface area contributed by atoms with Crippen molar-refractivity contribution in [2.45, 2.75) is 20.2 Å². The maximum Gasteiger partial charge on any atom is 0.573 e. The standard InChI is InChI=1S/C23H23F3N4O2/c1-16-21(17(2)30(27-16)19-6-4-3-5-7-19)28-12-14-29(15-13-28)22(31)18-8-10-20(11-9-18)32-23(24,25)26/h3-11H,12-15H2,1-2H3. The zero-order valence-electron chi connectivity index (χ0n) is 17.8. The molecule has 2 aromatic carbocycles. The van der Waals surface area contributed by atoms with Gasteiger partial charge < -0.3 is 14.5 Å². The summed E-state index contributed by atoms with van der Waals surface area (Å²) in [6.07, 6.45) is -4.76. The van der Waals surface area contributed by atoms with Crippen LogP contribution in [0.1, 0.15) is 21.7 Å². The quantitative estimate of drug-likeness (QED) is 0.601. The molecule has 0 N–H and O–H groups in total. The SMILES string of the molecule is Cc1nn(-c2ccccc2)c(C)c1N1CCN(C(=O)c2ccc(OC(F)(F)F)cc2)CC1. The molecule has 0 bridgehead atoms. The van der Waals surface area contributed by atoms with Gasteiger partial charge in [-0.05, 0) is 50.2 Å². The van der Waals surface area contributed by atoms with Crippen LogP contribution in [0.25, 0.3) is 5.69 Å². The highest BCUT2D eigenvalue weighted by Crippen LogP contribution is 2.28. The van der Waals surface area contributed by atoms with Crippen LogP contribution >= 0.6 is 0 Å². The Hall–Kier alpha value is -3.49. The smallest absolute Gasteiger partial charge is 0.406 e.